The molecule has 5 aromatic carbocycles. The molecule has 5 nitrogen and oxygen atoms in total. The first-order chi connectivity index (χ1) is 21.5. The minimum absolute atomic E-state index is 0.0914. The first-order valence-corrected chi connectivity index (χ1v) is 16.6. The standard InChI is InChI=1S/C37H31ClNO4P/c1-2-43-37(42)35(34(40)33(27-15-7-3-8-16-27)39-36(41)28-23-25-29(38)26-24-28)44(30-17-9-4-10-18-30,31-19-11-5-12-20-31)32-21-13-6-14-22-32/h3-26,33,35H,2H2,1H3/p+1. The second kappa shape index (κ2) is 14.3. The number of hydrogen-bond donors (Lipinski definition) is 1. The summed E-state index contributed by atoms with van der Waals surface area (Å²) >= 11 is 6.07. The van der Waals surface area contributed by atoms with Crippen LogP contribution in [0.3, 0.4) is 0 Å². The molecule has 0 spiro atoms. The van der Waals surface area contributed by atoms with Gasteiger partial charge >= 0.3 is 5.97 Å². The highest BCUT2D eigenvalue weighted by atomic mass is 35.5. The lowest BCUT2D eigenvalue weighted by molar-refractivity contribution is -0.145. The Balaban J connectivity index is 1.77. The van der Waals surface area contributed by atoms with Crippen molar-refractivity contribution in [2.24, 2.45) is 0 Å². The Morgan fingerprint density at radius 3 is 1.52 bits per heavy atom. The number of carbonyl (C=O) groups is 3. The van der Waals surface area contributed by atoms with Crippen molar-refractivity contribution >= 4 is 52.4 Å². The summed E-state index contributed by atoms with van der Waals surface area (Å²) in [5.41, 5.74) is -0.377. The van der Waals surface area contributed by atoms with E-state index in [1.54, 1.807) is 55.5 Å². The van der Waals surface area contributed by atoms with Gasteiger partial charge in [-0.3, -0.25) is 9.59 Å². The summed E-state index contributed by atoms with van der Waals surface area (Å²) in [7, 11) is -3.09. The molecule has 220 valence electrons. The number of benzene rings is 5. The molecule has 5 aromatic rings. The van der Waals surface area contributed by atoms with Crippen LogP contribution in [-0.4, -0.2) is 29.9 Å². The number of nitrogens with one attached hydrogen (secondary N) is 1. The zero-order chi connectivity index (χ0) is 30.9. The number of esters is 1. The van der Waals surface area contributed by atoms with Crippen LogP contribution >= 0.6 is 18.9 Å². The molecule has 0 fully saturated rings. The summed E-state index contributed by atoms with van der Waals surface area (Å²) < 4.78 is 5.73. The van der Waals surface area contributed by atoms with Crippen molar-refractivity contribution in [3.8, 4) is 0 Å². The Hall–Kier alpha value is -4.57. The normalized spacial score (nSPS) is 12.5. The van der Waals surface area contributed by atoms with E-state index in [1.165, 1.54) is 0 Å². The van der Waals surface area contributed by atoms with Crippen molar-refractivity contribution in [2.45, 2.75) is 18.6 Å². The smallest absolute Gasteiger partial charge is 0.356 e. The Morgan fingerprint density at radius 2 is 1.09 bits per heavy atom. The van der Waals surface area contributed by atoms with Gasteiger partial charge in [0.15, 0.2) is 0 Å². The fraction of sp³-hybridized carbons (Fsp3) is 0.108. The molecule has 0 aliphatic heterocycles. The maximum absolute atomic E-state index is 15.2. The van der Waals surface area contributed by atoms with Crippen LogP contribution in [0.4, 0.5) is 0 Å². The van der Waals surface area contributed by atoms with E-state index < -0.39 is 36.6 Å². The third-order valence-corrected chi connectivity index (χ3v) is 12.3. The fourth-order valence-corrected chi connectivity index (χ4v) is 10.3. The van der Waals surface area contributed by atoms with E-state index in [-0.39, 0.29) is 6.61 Å². The highest BCUT2D eigenvalue weighted by molar-refractivity contribution is 7.97. The molecule has 0 radical (unpaired) electrons. The average Bonchev–Trinajstić information content (AvgIpc) is 3.07. The average molecular weight is 621 g/mol. The lowest BCUT2D eigenvalue weighted by Gasteiger charge is -2.34. The molecule has 0 saturated heterocycles. The number of hydrogen-bond acceptors (Lipinski definition) is 4. The molecule has 1 N–H and O–H groups in total. The van der Waals surface area contributed by atoms with Gasteiger partial charge in [-0.25, -0.2) is 4.79 Å². The molecule has 0 heterocycles. The van der Waals surface area contributed by atoms with E-state index in [1.807, 2.05) is 97.1 Å². The molecule has 5 rings (SSSR count). The van der Waals surface area contributed by atoms with Crippen LogP contribution in [-0.2, 0) is 14.3 Å². The van der Waals surface area contributed by atoms with Crippen LogP contribution in [0, 0.1) is 0 Å². The van der Waals surface area contributed by atoms with E-state index in [0.29, 0.717) is 16.1 Å². The first kappa shape index (κ1) is 30.9. The Kier molecular flexibility index (Phi) is 10.0. The predicted octanol–water partition coefficient (Wildman–Crippen LogP) is 6.31. The van der Waals surface area contributed by atoms with Gasteiger partial charge < -0.3 is 10.1 Å². The Labute approximate surface area is 263 Å². The van der Waals surface area contributed by atoms with Crippen molar-refractivity contribution < 1.29 is 19.1 Å². The summed E-state index contributed by atoms with van der Waals surface area (Å²) in [6, 6.07) is 43.3. The molecule has 2 unspecified atom stereocenters. The topological polar surface area (TPSA) is 72.5 Å². The molecular weight excluding hydrogens is 589 g/mol. The van der Waals surface area contributed by atoms with Gasteiger partial charge in [0.05, 0.1) is 6.61 Å². The van der Waals surface area contributed by atoms with Crippen molar-refractivity contribution in [2.75, 3.05) is 6.61 Å². The number of rotatable bonds is 11. The Bertz CT molecular complexity index is 1600. The van der Waals surface area contributed by atoms with Gasteiger partial charge in [-0.1, -0.05) is 96.5 Å². The van der Waals surface area contributed by atoms with Gasteiger partial charge in [0, 0.05) is 10.6 Å². The van der Waals surface area contributed by atoms with Crippen LogP contribution < -0.4 is 21.2 Å². The third kappa shape index (κ3) is 6.35. The van der Waals surface area contributed by atoms with Crippen LogP contribution in [0.1, 0.15) is 28.9 Å². The van der Waals surface area contributed by atoms with E-state index >= 15 is 4.79 Å². The van der Waals surface area contributed by atoms with E-state index in [0.717, 1.165) is 15.9 Å². The number of amides is 1. The lowest BCUT2D eigenvalue weighted by atomic mass is 9.99. The number of ether oxygens (including phenoxy) is 1. The molecule has 0 aliphatic rings. The summed E-state index contributed by atoms with van der Waals surface area (Å²) in [5.74, 6) is -1.56. The Morgan fingerprint density at radius 1 is 0.659 bits per heavy atom. The van der Waals surface area contributed by atoms with Crippen molar-refractivity contribution in [1.82, 2.24) is 5.32 Å². The van der Waals surface area contributed by atoms with Crippen LogP contribution in [0.2, 0.25) is 5.02 Å². The van der Waals surface area contributed by atoms with Crippen molar-refractivity contribution in [1.29, 1.82) is 0 Å². The minimum Gasteiger partial charge on any atom is -0.463 e. The molecule has 0 aromatic heterocycles. The van der Waals surface area contributed by atoms with Gasteiger partial charge in [0.1, 0.15) is 29.2 Å². The molecule has 7 heteroatoms. The highest BCUT2D eigenvalue weighted by Crippen LogP contribution is 2.61. The van der Waals surface area contributed by atoms with Gasteiger partial charge in [0.25, 0.3) is 5.91 Å². The molecule has 2 atom stereocenters. The molecule has 1 amide bonds. The van der Waals surface area contributed by atoms with E-state index in [4.69, 9.17) is 16.3 Å². The summed E-state index contributed by atoms with van der Waals surface area (Å²) in [6.45, 7) is 1.82. The molecule has 0 aliphatic carbocycles. The molecule has 0 saturated carbocycles. The second-order valence-electron chi connectivity index (χ2n) is 10.1. The number of Topliss-reactive ketones (excluding diaryl/α,β-unsaturated/α-hetero) is 1. The van der Waals surface area contributed by atoms with Crippen molar-refractivity contribution in [3.05, 3.63) is 162 Å². The maximum atomic E-state index is 15.2. The predicted molar refractivity (Wildman–Crippen MR) is 179 cm³/mol. The van der Waals surface area contributed by atoms with Crippen LogP contribution in [0.5, 0.6) is 0 Å². The van der Waals surface area contributed by atoms with Crippen molar-refractivity contribution in [3.63, 3.8) is 0 Å². The van der Waals surface area contributed by atoms with Crippen LogP contribution in [0.15, 0.2) is 146 Å². The minimum atomic E-state index is -3.09. The molecular formula is C37H32ClNO4P+. The summed E-state index contributed by atoms with van der Waals surface area (Å²) in [4.78, 5) is 43.2. The largest absolute Gasteiger partial charge is 0.463 e. The van der Waals surface area contributed by atoms with Gasteiger partial charge in [-0.15, -0.1) is 0 Å². The quantitative estimate of drug-likeness (QED) is 0.107. The molecule has 44 heavy (non-hydrogen) atoms. The maximum Gasteiger partial charge on any atom is 0.356 e. The lowest BCUT2D eigenvalue weighted by Crippen LogP contribution is -2.50. The molecule has 0 bridgehead atoms. The third-order valence-electron chi connectivity index (χ3n) is 7.46. The zero-order valence-corrected chi connectivity index (χ0v) is 25.8. The number of halogens is 1. The van der Waals surface area contributed by atoms with Gasteiger partial charge in [-0.05, 0) is 73.2 Å². The van der Waals surface area contributed by atoms with Crippen LogP contribution in [0.25, 0.3) is 0 Å². The first-order valence-electron chi connectivity index (χ1n) is 14.3. The zero-order valence-electron chi connectivity index (χ0n) is 24.2. The second-order valence-corrected chi connectivity index (χ2v) is 14.1. The van der Waals surface area contributed by atoms with Gasteiger partial charge in [-0.2, -0.15) is 0 Å². The highest BCUT2D eigenvalue weighted by Gasteiger charge is 2.61. The summed E-state index contributed by atoms with van der Waals surface area (Å²) in [6.07, 6.45) is 0. The van der Waals surface area contributed by atoms with E-state index in [2.05, 4.69) is 5.32 Å². The number of ketones is 1. The SMILES string of the molecule is CCOC(=O)C(C(=O)C(NC(=O)c1ccc(Cl)cc1)c1ccccc1)[P+](c1ccccc1)(c1ccccc1)c1ccccc1. The number of carbonyl (C=O) groups excluding carboxylic acids is 3. The monoisotopic (exact) mass is 620 g/mol. The summed E-state index contributed by atoms with van der Waals surface area (Å²) in [5, 5.41) is 5.98. The van der Waals surface area contributed by atoms with Gasteiger partial charge in [0.2, 0.25) is 11.4 Å². The van der Waals surface area contributed by atoms with E-state index in [9.17, 15) is 9.59 Å². The fourth-order valence-electron chi connectivity index (χ4n) is 5.51.